The second-order valence-electron chi connectivity index (χ2n) is 4.79. The van der Waals surface area contributed by atoms with Gasteiger partial charge >= 0.3 is 0 Å². The molecular formula is C13H22N2O. The van der Waals surface area contributed by atoms with E-state index in [4.69, 9.17) is 0 Å². The fourth-order valence-electron chi connectivity index (χ4n) is 2.67. The average Bonchev–Trinajstić information content (AvgIpc) is 2.61. The van der Waals surface area contributed by atoms with Crippen LogP contribution in [-0.4, -0.2) is 20.8 Å². The maximum atomic E-state index is 10.2. The number of hydrogen-bond acceptors (Lipinski definition) is 2. The molecule has 1 aliphatic rings. The summed E-state index contributed by atoms with van der Waals surface area (Å²) in [6, 6.07) is 0. The van der Waals surface area contributed by atoms with Gasteiger partial charge in [-0.25, -0.2) is 4.98 Å². The molecule has 0 bridgehead atoms. The molecule has 90 valence electrons. The molecule has 0 amide bonds. The van der Waals surface area contributed by atoms with Gasteiger partial charge in [-0.05, 0) is 19.3 Å². The number of nitrogens with zero attached hydrogens (tertiary/aromatic N) is 2. The summed E-state index contributed by atoms with van der Waals surface area (Å²) in [7, 11) is 0. The number of aliphatic hydroxyl groups excluding tert-OH is 1. The lowest BCUT2D eigenvalue weighted by molar-refractivity contribution is 0.130. The fraction of sp³-hybridized carbons (Fsp3) is 0.769. The van der Waals surface area contributed by atoms with Crippen molar-refractivity contribution in [3.8, 4) is 0 Å². The van der Waals surface area contributed by atoms with E-state index < -0.39 is 0 Å². The molecule has 0 radical (unpaired) electrons. The number of imidazole rings is 1. The summed E-state index contributed by atoms with van der Waals surface area (Å²) in [6.07, 6.45) is 10.5. The van der Waals surface area contributed by atoms with E-state index in [-0.39, 0.29) is 12.0 Å². The summed E-state index contributed by atoms with van der Waals surface area (Å²) in [6.45, 7) is 3.19. The summed E-state index contributed by atoms with van der Waals surface area (Å²) in [4.78, 5) is 4.45. The lowest BCUT2D eigenvalue weighted by atomic mass is 9.96. The normalized spacial score (nSPS) is 26.6. The molecule has 0 saturated heterocycles. The predicted octanol–water partition coefficient (Wildman–Crippen LogP) is 2.70. The molecule has 1 aromatic heterocycles. The zero-order valence-electron chi connectivity index (χ0n) is 10.1. The quantitative estimate of drug-likeness (QED) is 0.798. The molecule has 2 rings (SSSR count). The van der Waals surface area contributed by atoms with Gasteiger partial charge in [0.05, 0.1) is 6.10 Å². The van der Waals surface area contributed by atoms with E-state index in [1.165, 1.54) is 12.8 Å². The van der Waals surface area contributed by atoms with Gasteiger partial charge in [-0.1, -0.05) is 26.2 Å². The molecule has 1 aromatic rings. The average molecular weight is 222 g/mol. The highest BCUT2D eigenvalue weighted by Gasteiger charge is 2.26. The highest BCUT2D eigenvalue weighted by molar-refractivity contribution is 5.04. The largest absolute Gasteiger partial charge is 0.392 e. The standard InChI is InChI=1S/C13H22N2O/c1-2-9-15-10-8-14-13(15)11-6-4-3-5-7-12(11)16/h8,10-12,16H,2-7,9H2,1H3. The van der Waals surface area contributed by atoms with Crippen LogP contribution in [0.3, 0.4) is 0 Å². The van der Waals surface area contributed by atoms with E-state index >= 15 is 0 Å². The van der Waals surface area contributed by atoms with E-state index in [2.05, 4.69) is 16.5 Å². The Morgan fingerprint density at radius 2 is 2.19 bits per heavy atom. The summed E-state index contributed by atoms with van der Waals surface area (Å²) in [5.41, 5.74) is 0. The second-order valence-corrected chi connectivity index (χ2v) is 4.79. The number of aliphatic hydroxyl groups is 1. The van der Waals surface area contributed by atoms with Crippen LogP contribution in [0.1, 0.15) is 57.2 Å². The second kappa shape index (κ2) is 5.48. The topological polar surface area (TPSA) is 38.0 Å². The van der Waals surface area contributed by atoms with Gasteiger partial charge in [-0.2, -0.15) is 0 Å². The maximum Gasteiger partial charge on any atom is 0.114 e. The van der Waals surface area contributed by atoms with Gasteiger partial charge in [0.25, 0.3) is 0 Å². The number of aromatic nitrogens is 2. The Labute approximate surface area is 97.5 Å². The van der Waals surface area contributed by atoms with Crippen LogP contribution in [-0.2, 0) is 6.54 Å². The van der Waals surface area contributed by atoms with E-state index in [1.807, 2.05) is 12.4 Å². The van der Waals surface area contributed by atoms with Crippen molar-refractivity contribution in [1.82, 2.24) is 9.55 Å². The maximum absolute atomic E-state index is 10.2. The molecular weight excluding hydrogens is 200 g/mol. The van der Waals surface area contributed by atoms with E-state index in [0.29, 0.717) is 0 Å². The smallest absolute Gasteiger partial charge is 0.114 e. The van der Waals surface area contributed by atoms with Gasteiger partial charge in [0.2, 0.25) is 0 Å². The van der Waals surface area contributed by atoms with Gasteiger partial charge in [-0.15, -0.1) is 0 Å². The minimum atomic E-state index is -0.194. The van der Waals surface area contributed by atoms with Crippen LogP contribution in [0, 0.1) is 0 Å². The van der Waals surface area contributed by atoms with Crippen molar-refractivity contribution in [3.05, 3.63) is 18.2 Å². The lowest BCUT2D eigenvalue weighted by Gasteiger charge is -2.20. The van der Waals surface area contributed by atoms with Gasteiger partial charge in [0.1, 0.15) is 5.82 Å². The number of hydrogen-bond donors (Lipinski definition) is 1. The Morgan fingerprint density at radius 1 is 1.38 bits per heavy atom. The van der Waals surface area contributed by atoms with Gasteiger partial charge < -0.3 is 9.67 Å². The first-order valence-electron chi connectivity index (χ1n) is 6.52. The SMILES string of the molecule is CCCn1ccnc1C1CCCCCC1O. The van der Waals surface area contributed by atoms with E-state index in [9.17, 15) is 5.11 Å². The van der Waals surface area contributed by atoms with Crippen molar-refractivity contribution in [3.63, 3.8) is 0 Å². The molecule has 0 aromatic carbocycles. The Hall–Kier alpha value is -0.830. The summed E-state index contributed by atoms with van der Waals surface area (Å²) >= 11 is 0. The Balaban J connectivity index is 2.16. The Morgan fingerprint density at radius 3 is 3.00 bits per heavy atom. The Bertz CT molecular complexity index is 321. The predicted molar refractivity (Wildman–Crippen MR) is 64.4 cm³/mol. The molecule has 3 heteroatoms. The third-order valence-electron chi connectivity index (χ3n) is 3.52. The van der Waals surface area contributed by atoms with Crippen LogP contribution < -0.4 is 0 Å². The van der Waals surface area contributed by atoms with Crippen LogP contribution in [0.2, 0.25) is 0 Å². The molecule has 1 fully saturated rings. The first-order chi connectivity index (χ1) is 7.83. The first-order valence-corrected chi connectivity index (χ1v) is 6.52. The highest BCUT2D eigenvalue weighted by Crippen LogP contribution is 2.31. The van der Waals surface area contributed by atoms with Crippen LogP contribution in [0.25, 0.3) is 0 Å². The molecule has 2 unspecified atom stereocenters. The van der Waals surface area contributed by atoms with Gasteiger partial charge in [0.15, 0.2) is 0 Å². The van der Waals surface area contributed by atoms with Crippen LogP contribution >= 0.6 is 0 Å². The van der Waals surface area contributed by atoms with Crippen molar-refractivity contribution in [2.24, 2.45) is 0 Å². The van der Waals surface area contributed by atoms with Crippen molar-refractivity contribution in [1.29, 1.82) is 0 Å². The first kappa shape index (κ1) is 11.6. The monoisotopic (exact) mass is 222 g/mol. The van der Waals surface area contributed by atoms with Crippen molar-refractivity contribution in [2.45, 2.75) is 64.0 Å². The van der Waals surface area contributed by atoms with Crippen molar-refractivity contribution >= 4 is 0 Å². The third kappa shape index (κ3) is 2.46. The molecule has 1 N–H and O–H groups in total. The summed E-state index contributed by atoms with van der Waals surface area (Å²) < 4.78 is 2.21. The molecule has 16 heavy (non-hydrogen) atoms. The minimum absolute atomic E-state index is 0.194. The Kier molecular flexibility index (Phi) is 3.99. The van der Waals surface area contributed by atoms with Crippen LogP contribution in [0.5, 0.6) is 0 Å². The van der Waals surface area contributed by atoms with E-state index in [1.54, 1.807) is 0 Å². The van der Waals surface area contributed by atoms with Crippen LogP contribution in [0.15, 0.2) is 12.4 Å². The van der Waals surface area contributed by atoms with Crippen molar-refractivity contribution in [2.75, 3.05) is 0 Å². The summed E-state index contributed by atoms with van der Waals surface area (Å²) in [5, 5.41) is 10.2. The van der Waals surface area contributed by atoms with E-state index in [0.717, 1.165) is 38.1 Å². The molecule has 3 nitrogen and oxygen atoms in total. The highest BCUT2D eigenvalue weighted by atomic mass is 16.3. The zero-order valence-corrected chi connectivity index (χ0v) is 10.1. The van der Waals surface area contributed by atoms with Gasteiger partial charge in [-0.3, -0.25) is 0 Å². The number of rotatable bonds is 3. The fourth-order valence-corrected chi connectivity index (χ4v) is 2.67. The lowest BCUT2D eigenvalue weighted by Crippen LogP contribution is -2.21. The summed E-state index contributed by atoms with van der Waals surface area (Å²) in [5.74, 6) is 1.35. The molecule has 0 aliphatic heterocycles. The van der Waals surface area contributed by atoms with Crippen molar-refractivity contribution < 1.29 is 5.11 Å². The molecule has 1 saturated carbocycles. The van der Waals surface area contributed by atoms with Crippen LogP contribution in [0.4, 0.5) is 0 Å². The number of aryl methyl sites for hydroxylation is 1. The molecule has 1 aliphatic carbocycles. The zero-order chi connectivity index (χ0) is 11.4. The molecule has 2 atom stereocenters. The third-order valence-corrected chi connectivity index (χ3v) is 3.52. The molecule has 0 spiro atoms. The minimum Gasteiger partial charge on any atom is -0.392 e. The van der Waals surface area contributed by atoms with Gasteiger partial charge in [0, 0.05) is 24.9 Å². The molecule has 1 heterocycles.